The summed E-state index contributed by atoms with van der Waals surface area (Å²) in [5, 5.41) is 9.30. The van der Waals surface area contributed by atoms with Crippen LogP contribution in [-0.2, 0) is 0 Å². The van der Waals surface area contributed by atoms with Gasteiger partial charge in [0.1, 0.15) is 0 Å². The first-order chi connectivity index (χ1) is 9.20. The molecule has 3 nitrogen and oxygen atoms in total. The molecule has 0 aliphatic rings. The highest BCUT2D eigenvalue weighted by Gasteiger charge is 2.12. The molecular weight excluding hydrogens is 294 g/mol. The van der Waals surface area contributed by atoms with Crippen LogP contribution < -0.4 is 4.90 Å². The molecule has 0 spiro atoms. The number of hydrogen-bond acceptors (Lipinski definition) is 6. The molecule has 0 amide bonds. The molecule has 102 valence electrons. The van der Waals surface area contributed by atoms with Crippen molar-refractivity contribution in [3.8, 4) is 0 Å². The summed E-state index contributed by atoms with van der Waals surface area (Å²) in [5.74, 6) is 2.27. The van der Waals surface area contributed by atoms with E-state index in [1.165, 1.54) is 5.56 Å². The lowest BCUT2D eigenvalue weighted by Gasteiger charge is -2.13. The number of thiol groups is 1. The molecule has 2 rings (SSSR count). The summed E-state index contributed by atoms with van der Waals surface area (Å²) in [6, 6.07) is 10.5. The average molecular weight is 312 g/mol. The molecule has 0 saturated heterocycles. The molecule has 1 heterocycles. The quantitative estimate of drug-likeness (QED) is 0.654. The summed E-state index contributed by atoms with van der Waals surface area (Å²) < 4.78 is 1.02. The molecular formula is C13H17N3S3. The van der Waals surface area contributed by atoms with Gasteiger partial charge in [-0.2, -0.15) is 12.6 Å². The zero-order chi connectivity index (χ0) is 13.7. The van der Waals surface area contributed by atoms with E-state index >= 15 is 0 Å². The highest BCUT2D eigenvalue weighted by Crippen LogP contribution is 2.31. The summed E-state index contributed by atoms with van der Waals surface area (Å²) in [5.41, 5.74) is 1.34. The maximum atomic E-state index is 4.46. The third-order valence-electron chi connectivity index (χ3n) is 2.68. The number of anilines is 1. The highest BCUT2D eigenvalue weighted by atomic mass is 32.2. The fraction of sp³-hybridized carbons (Fsp3) is 0.385. The normalized spacial score (nSPS) is 12.4. The van der Waals surface area contributed by atoms with Crippen LogP contribution in [0, 0.1) is 0 Å². The van der Waals surface area contributed by atoms with Gasteiger partial charge in [0, 0.05) is 25.8 Å². The Morgan fingerprint density at radius 3 is 2.58 bits per heavy atom. The van der Waals surface area contributed by atoms with Crippen LogP contribution in [0.25, 0.3) is 0 Å². The monoisotopic (exact) mass is 311 g/mol. The highest BCUT2D eigenvalue weighted by molar-refractivity contribution is 8.01. The van der Waals surface area contributed by atoms with Gasteiger partial charge in [0.25, 0.3) is 0 Å². The molecule has 0 bridgehead atoms. The fourth-order valence-electron chi connectivity index (χ4n) is 1.59. The first-order valence-electron chi connectivity index (χ1n) is 6.00. The van der Waals surface area contributed by atoms with Crippen LogP contribution in [0.15, 0.2) is 34.7 Å². The van der Waals surface area contributed by atoms with E-state index in [4.69, 9.17) is 0 Å². The summed E-state index contributed by atoms with van der Waals surface area (Å²) in [4.78, 5) is 1.98. The number of nitrogens with zero attached hydrogens (tertiary/aromatic N) is 3. The van der Waals surface area contributed by atoms with Crippen molar-refractivity contribution in [3.63, 3.8) is 0 Å². The lowest BCUT2D eigenvalue weighted by molar-refractivity contribution is 0.894. The lowest BCUT2D eigenvalue weighted by Crippen LogP contribution is -2.07. The Bertz CT molecular complexity index is 499. The van der Waals surface area contributed by atoms with Crippen LogP contribution in [0.1, 0.15) is 11.5 Å². The topological polar surface area (TPSA) is 29.0 Å². The second kappa shape index (κ2) is 7.17. The molecule has 19 heavy (non-hydrogen) atoms. The Balaban J connectivity index is 1.96. The molecule has 0 radical (unpaired) electrons. The number of hydrogen-bond donors (Lipinski definition) is 1. The van der Waals surface area contributed by atoms with Crippen molar-refractivity contribution in [2.45, 2.75) is 10.3 Å². The first-order valence-corrected chi connectivity index (χ1v) is 8.43. The third-order valence-corrected chi connectivity index (χ3v) is 5.51. The Morgan fingerprint density at radius 2 is 2.00 bits per heavy atom. The second-order valence-corrected chi connectivity index (χ2v) is 6.93. The van der Waals surface area contributed by atoms with Gasteiger partial charge < -0.3 is 4.90 Å². The van der Waals surface area contributed by atoms with E-state index in [1.807, 2.05) is 25.1 Å². The van der Waals surface area contributed by atoms with Gasteiger partial charge in [-0.1, -0.05) is 53.4 Å². The number of benzene rings is 1. The van der Waals surface area contributed by atoms with E-state index in [0.717, 1.165) is 21.0 Å². The molecule has 1 aromatic carbocycles. The largest absolute Gasteiger partial charge is 0.353 e. The van der Waals surface area contributed by atoms with Gasteiger partial charge in [0.2, 0.25) is 5.13 Å². The predicted octanol–water partition coefficient (Wildman–Crippen LogP) is 3.41. The minimum atomic E-state index is 0.446. The smallest absolute Gasteiger partial charge is 0.208 e. The van der Waals surface area contributed by atoms with Crippen molar-refractivity contribution < 1.29 is 0 Å². The number of rotatable bonds is 6. The second-order valence-electron chi connectivity index (χ2n) is 4.35. The van der Waals surface area contributed by atoms with Crippen LogP contribution in [0.5, 0.6) is 0 Å². The molecule has 0 saturated carbocycles. The van der Waals surface area contributed by atoms with Gasteiger partial charge in [-0.05, 0) is 11.3 Å². The maximum Gasteiger partial charge on any atom is 0.208 e. The standard InChI is InChI=1S/C13H17N3S3/c1-16(2)12-14-15-13(19-12)18-9-11(8-17)10-6-4-3-5-7-10/h3-7,11,17H,8-9H2,1-2H3. The molecule has 1 aromatic heterocycles. The third kappa shape index (κ3) is 4.12. The van der Waals surface area contributed by atoms with E-state index in [2.05, 4.69) is 47.1 Å². The van der Waals surface area contributed by atoms with E-state index in [1.54, 1.807) is 23.1 Å². The van der Waals surface area contributed by atoms with E-state index in [9.17, 15) is 0 Å². The predicted molar refractivity (Wildman–Crippen MR) is 88.0 cm³/mol. The summed E-state index contributed by atoms with van der Waals surface area (Å²) in [6.07, 6.45) is 0. The van der Waals surface area contributed by atoms with Crippen LogP contribution >= 0.6 is 35.7 Å². The van der Waals surface area contributed by atoms with Crippen molar-refractivity contribution >= 4 is 40.9 Å². The van der Waals surface area contributed by atoms with Gasteiger partial charge >= 0.3 is 0 Å². The van der Waals surface area contributed by atoms with E-state index in [-0.39, 0.29) is 0 Å². The van der Waals surface area contributed by atoms with Gasteiger partial charge in [0.15, 0.2) is 4.34 Å². The minimum absolute atomic E-state index is 0.446. The maximum absolute atomic E-state index is 4.46. The average Bonchev–Trinajstić information content (AvgIpc) is 2.90. The minimum Gasteiger partial charge on any atom is -0.353 e. The molecule has 1 unspecified atom stereocenters. The van der Waals surface area contributed by atoms with Gasteiger partial charge in [0.05, 0.1) is 0 Å². The Morgan fingerprint density at radius 1 is 1.26 bits per heavy atom. The molecule has 0 aliphatic carbocycles. The summed E-state index contributed by atoms with van der Waals surface area (Å²) in [7, 11) is 3.96. The van der Waals surface area contributed by atoms with E-state index < -0.39 is 0 Å². The van der Waals surface area contributed by atoms with Crippen molar-refractivity contribution in [2.75, 3.05) is 30.5 Å². The molecule has 0 N–H and O–H groups in total. The molecule has 0 fully saturated rings. The molecule has 0 aliphatic heterocycles. The van der Waals surface area contributed by atoms with Crippen LogP contribution in [0.2, 0.25) is 0 Å². The van der Waals surface area contributed by atoms with Crippen molar-refractivity contribution in [1.82, 2.24) is 10.2 Å². The van der Waals surface area contributed by atoms with Crippen LogP contribution in [0.3, 0.4) is 0 Å². The Kier molecular flexibility index (Phi) is 5.54. The van der Waals surface area contributed by atoms with Crippen molar-refractivity contribution in [1.29, 1.82) is 0 Å². The number of thioether (sulfide) groups is 1. The Labute approximate surface area is 127 Å². The fourth-order valence-corrected chi connectivity index (χ4v) is 4.03. The molecule has 2 aromatic rings. The first kappa shape index (κ1) is 14.7. The number of aromatic nitrogens is 2. The molecule has 6 heteroatoms. The van der Waals surface area contributed by atoms with Gasteiger partial charge in [-0.25, -0.2) is 0 Å². The molecule has 1 atom stereocenters. The van der Waals surface area contributed by atoms with Gasteiger partial charge in [-0.3, -0.25) is 0 Å². The van der Waals surface area contributed by atoms with Gasteiger partial charge in [-0.15, -0.1) is 10.2 Å². The Hall–Kier alpha value is -0.720. The zero-order valence-electron chi connectivity index (χ0n) is 11.0. The summed E-state index contributed by atoms with van der Waals surface area (Å²) in [6.45, 7) is 0. The van der Waals surface area contributed by atoms with Crippen molar-refractivity contribution in [2.24, 2.45) is 0 Å². The SMILES string of the molecule is CN(C)c1nnc(SCC(CS)c2ccccc2)s1. The van der Waals surface area contributed by atoms with Crippen molar-refractivity contribution in [3.05, 3.63) is 35.9 Å². The van der Waals surface area contributed by atoms with Crippen LogP contribution in [0.4, 0.5) is 5.13 Å². The lowest BCUT2D eigenvalue weighted by atomic mass is 10.0. The zero-order valence-corrected chi connectivity index (χ0v) is 13.5. The van der Waals surface area contributed by atoms with E-state index in [0.29, 0.717) is 5.92 Å². The summed E-state index contributed by atoms with van der Waals surface area (Å²) >= 11 is 7.84. The van der Waals surface area contributed by atoms with Crippen LogP contribution in [-0.4, -0.2) is 35.8 Å².